The lowest BCUT2D eigenvalue weighted by molar-refractivity contribution is -0.132. The molecule has 2 aromatic carbocycles. The van der Waals surface area contributed by atoms with E-state index in [2.05, 4.69) is 16.7 Å². The minimum absolute atomic E-state index is 0.0457. The second kappa shape index (κ2) is 10.6. The van der Waals surface area contributed by atoms with Crippen LogP contribution >= 0.6 is 11.8 Å². The quantitative estimate of drug-likeness (QED) is 0.451. The number of carbonyl (C=O) groups excluding carboxylic acids is 2. The molecule has 5 rings (SSSR count). The maximum absolute atomic E-state index is 12.9. The average molecular weight is 505 g/mol. The Hall–Kier alpha value is -3.52. The molecule has 0 saturated carbocycles. The molecule has 3 heterocycles. The fourth-order valence-electron chi connectivity index (χ4n) is 4.66. The number of nitrogens with zero attached hydrogens (tertiary/aromatic N) is 3. The molecule has 3 unspecified atom stereocenters. The first-order chi connectivity index (χ1) is 17.5. The molecule has 2 amide bonds. The van der Waals surface area contributed by atoms with Gasteiger partial charge in [0.15, 0.2) is 5.75 Å². The summed E-state index contributed by atoms with van der Waals surface area (Å²) in [6.07, 6.45) is 3.70. The molecule has 0 aliphatic carbocycles. The van der Waals surface area contributed by atoms with Crippen molar-refractivity contribution in [2.24, 2.45) is 5.73 Å². The highest BCUT2D eigenvalue weighted by Crippen LogP contribution is 2.26. The van der Waals surface area contributed by atoms with Gasteiger partial charge in [-0.3, -0.25) is 14.9 Å². The molecule has 10 heteroatoms. The molecule has 9 nitrogen and oxygen atoms in total. The number of hydrogen-bond acceptors (Lipinski definition) is 7. The molecule has 2 aliphatic heterocycles. The molecule has 0 radical (unpaired) electrons. The van der Waals surface area contributed by atoms with Crippen LogP contribution in [-0.4, -0.2) is 57.7 Å². The minimum Gasteiger partial charge on any atom is -0.375 e. The van der Waals surface area contributed by atoms with Crippen molar-refractivity contribution in [3.05, 3.63) is 60.3 Å². The summed E-state index contributed by atoms with van der Waals surface area (Å²) in [6.45, 7) is 0.572. The third-order valence-electron chi connectivity index (χ3n) is 6.56. The summed E-state index contributed by atoms with van der Waals surface area (Å²) < 4.78 is 1.67. The number of nitrogens with one attached hydrogen (secondary N) is 2. The molecule has 186 valence electrons. The third-order valence-corrected chi connectivity index (χ3v) is 7.50. The number of nitrogens with two attached hydrogens (primary N) is 1. The van der Waals surface area contributed by atoms with E-state index in [0.717, 1.165) is 34.5 Å². The molecular formula is C26H28N6O3S. The van der Waals surface area contributed by atoms with Gasteiger partial charge in [0.05, 0.1) is 23.7 Å². The average Bonchev–Trinajstić information content (AvgIpc) is 3.66. The Bertz CT molecular complexity index is 1300. The summed E-state index contributed by atoms with van der Waals surface area (Å²) in [5.41, 5.74) is 8.76. The van der Waals surface area contributed by atoms with E-state index in [0.29, 0.717) is 30.8 Å². The first-order valence-corrected chi connectivity index (χ1v) is 13.1. The SMILES string of the molecule is N#CC1CCCN1C(=O)C(N)Cc1cn(Oc2ccc(NC(=O)C3CSCN3)cc2)c2ccccc12. The number of benzene rings is 2. The van der Waals surface area contributed by atoms with Crippen LogP contribution in [0.5, 0.6) is 5.75 Å². The number of amides is 2. The van der Waals surface area contributed by atoms with Crippen LogP contribution in [-0.2, 0) is 16.0 Å². The van der Waals surface area contributed by atoms with Gasteiger partial charge in [-0.05, 0) is 55.2 Å². The van der Waals surface area contributed by atoms with E-state index in [1.807, 2.05) is 30.5 Å². The van der Waals surface area contributed by atoms with Gasteiger partial charge in [0.25, 0.3) is 0 Å². The van der Waals surface area contributed by atoms with Crippen LogP contribution < -0.4 is 21.2 Å². The van der Waals surface area contributed by atoms with Crippen molar-refractivity contribution in [3.63, 3.8) is 0 Å². The first kappa shape index (κ1) is 24.2. The summed E-state index contributed by atoms with van der Waals surface area (Å²) in [5, 5.41) is 16.4. The topological polar surface area (TPSA) is 125 Å². The maximum atomic E-state index is 12.9. The lowest BCUT2D eigenvalue weighted by Gasteiger charge is -2.23. The first-order valence-electron chi connectivity index (χ1n) is 12.0. The molecule has 1 aromatic heterocycles. The van der Waals surface area contributed by atoms with Crippen molar-refractivity contribution < 1.29 is 14.4 Å². The smallest absolute Gasteiger partial charge is 0.242 e. The number of carbonyl (C=O) groups is 2. The number of para-hydroxylation sites is 1. The summed E-state index contributed by atoms with van der Waals surface area (Å²) >= 11 is 1.70. The number of nitriles is 1. The highest BCUT2D eigenvalue weighted by Gasteiger charge is 2.32. The van der Waals surface area contributed by atoms with Crippen LogP contribution in [0.25, 0.3) is 10.9 Å². The van der Waals surface area contributed by atoms with Crippen molar-refractivity contribution >= 4 is 40.2 Å². The molecular weight excluding hydrogens is 476 g/mol. The summed E-state index contributed by atoms with van der Waals surface area (Å²) in [7, 11) is 0. The molecule has 2 fully saturated rings. The van der Waals surface area contributed by atoms with E-state index in [4.69, 9.17) is 10.6 Å². The summed E-state index contributed by atoms with van der Waals surface area (Å²) in [4.78, 5) is 33.0. The van der Waals surface area contributed by atoms with Gasteiger partial charge in [-0.1, -0.05) is 18.2 Å². The van der Waals surface area contributed by atoms with E-state index in [1.165, 1.54) is 0 Å². The number of hydrogen-bond donors (Lipinski definition) is 3. The van der Waals surface area contributed by atoms with Gasteiger partial charge in [-0.2, -0.15) is 9.99 Å². The van der Waals surface area contributed by atoms with E-state index in [9.17, 15) is 14.9 Å². The Kier molecular flexibility index (Phi) is 7.13. The Labute approximate surface area is 213 Å². The van der Waals surface area contributed by atoms with Crippen LogP contribution in [0.1, 0.15) is 18.4 Å². The Morgan fingerprint density at radius 3 is 2.81 bits per heavy atom. The highest BCUT2D eigenvalue weighted by molar-refractivity contribution is 7.99. The van der Waals surface area contributed by atoms with Gasteiger partial charge in [0, 0.05) is 35.4 Å². The van der Waals surface area contributed by atoms with Gasteiger partial charge in [0.2, 0.25) is 11.8 Å². The molecule has 3 atom stereocenters. The zero-order valence-corrected chi connectivity index (χ0v) is 20.5. The normalized spacial score (nSPS) is 20.3. The van der Waals surface area contributed by atoms with E-state index in [1.54, 1.807) is 45.7 Å². The molecule has 36 heavy (non-hydrogen) atoms. The lowest BCUT2D eigenvalue weighted by atomic mass is 10.0. The van der Waals surface area contributed by atoms with Crippen LogP contribution in [0, 0.1) is 11.3 Å². The zero-order chi connectivity index (χ0) is 25.1. The van der Waals surface area contributed by atoms with Crippen LogP contribution in [0.4, 0.5) is 5.69 Å². The molecule has 3 aromatic rings. The predicted octanol–water partition coefficient (Wildman–Crippen LogP) is 2.47. The summed E-state index contributed by atoms with van der Waals surface area (Å²) in [5.74, 6) is 1.91. The van der Waals surface area contributed by atoms with Crippen molar-refractivity contribution in [1.29, 1.82) is 5.26 Å². The number of anilines is 1. The maximum Gasteiger partial charge on any atom is 0.242 e. The fraction of sp³-hybridized carbons (Fsp3) is 0.346. The lowest BCUT2D eigenvalue weighted by Crippen LogP contribution is -2.46. The minimum atomic E-state index is -0.742. The monoisotopic (exact) mass is 504 g/mol. The molecule has 2 aliphatic rings. The van der Waals surface area contributed by atoms with Crippen LogP contribution in [0.3, 0.4) is 0 Å². The van der Waals surface area contributed by atoms with Crippen molar-refractivity contribution in [2.45, 2.75) is 37.4 Å². The van der Waals surface area contributed by atoms with Crippen molar-refractivity contribution in [1.82, 2.24) is 14.9 Å². The van der Waals surface area contributed by atoms with E-state index >= 15 is 0 Å². The van der Waals surface area contributed by atoms with E-state index in [-0.39, 0.29) is 17.9 Å². The summed E-state index contributed by atoms with van der Waals surface area (Å²) in [6, 6.07) is 15.9. The number of fused-ring (bicyclic) bond motifs is 1. The third kappa shape index (κ3) is 5.04. The zero-order valence-electron chi connectivity index (χ0n) is 19.7. The number of thioether (sulfide) groups is 1. The largest absolute Gasteiger partial charge is 0.375 e. The second-order valence-electron chi connectivity index (χ2n) is 9.00. The molecule has 4 N–H and O–H groups in total. The molecule has 0 spiro atoms. The van der Waals surface area contributed by atoms with Crippen molar-refractivity contribution in [2.75, 3.05) is 23.5 Å². The second-order valence-corrected chi connectivity index (χ2v) is 10.0. The van der Waals surface area contributed by atoms with Gasteiger partial charge in [0.1, 0.15) is 6.04 Å². The number of aromatic nitrogens is 1. The van der Waals surface area contributed by atoms with Gasteiger partial charge >= 0.3 is 0 Å². The molecule has 2 saturated heterocycles. The van der Waals surface area contributed by atoms with Crippen LogP contribution in [0.2, 0.25) is 0 Å². The van der Waals surface area contributed by atoms with E-state index < -0.39 is 12.1 Å². The van der Waals surface area contributed by atoms with Gasteiger partial charge in [-0.15, -0.1) is 11.8 Å². The highest BCUT2D eigenvalue weighted by atomic mass is 32.2. The Morgan fingerprint density at radius 1 is 1.25 bits per heavy atom. The van der Waals surface area contributed by atoms with Crippen molar-refractivity contribution in [3.8, 4) is 11.8 Å². The molecule has 0 bridgehead atoms. The predicted molar refractivity (Wildman–Crippen MR) is 139 cm³/mol. The van der Waals surface area contributed by atoms with Crippen LogP contribution in [0.15, 0.2) is 54.7 Å². The number of rotatable bonds is 7. The Morgan fingerprint density at radius 2 is 2.06 bits per heavy atom. The fourth-order valence-corrected chi connectivity index (χ4v) is 5.61. The van der Waals surface area contributed by atoms with Gasteiger partial charge in [-0.25, -0.2) is 0 Å². The number of likely N-dealkylation sites (tertiary alicyclic amines) is 1. The van der Waals surface area contributed by atoms with Gasteiger partial charge < -0.3 is 20.8 Å². The Balaban J connectivity index is 1.29. The standard InChI is InChI=1S/C26H28N6O3S/c27-13-19-4-3-11-31(19)26(34)22(28)12-17-14-32(24-6-2-1-5-21(17)24)35-20-9-7-18(8-10-20)30-25(33)23-15-36-16-29-23/h1-2,5-10,14,19,22-23,29H,3-4,11-12,15-16,28H2,(H,30,33).